The van der Waals surface area contributed by atoms with E-state index in [1.165, 1.54) is 35.2 Å². The van der Waals surface area contributed by atoms with Gasteiger partial charge in [0.15, 0.2) is 35.7 Å². The van der Waals surface area contributed by atoms with Crippen molar-refractivity contribution in [3.63, 3.8) is 0 Å². The molecule has 0 saturated carbocycles. The van der Waals surface area contributed by atoms with Crippen molar-refractivity contribution in [3.05, 3.63) is 93.9 Å². The third kappa shape index (κ3) is 10.0. The second kappa shape index (κ2) is 16.5. The fourth-order valence-corrected chi connectivity index (χ4v) is 7.16. The number of Topliss-reactive ketones (excluding diaryl/α,β-unsaturated/α-hetero) is 1. The van der Waals surface area contributed by atoms with Gasteiger partial charge in [-0.25, -0.2) is 4.57 Å². The Morgan fingerprint density at radius 2 is 1.61 bits per heavy atom. The number of hydrogen-bond acceptors (Lipinski definition) is 10. The number of ether oxygens (including phenoxy) is 1. The molecule has 18 heteroatoms. The number of carbonyl (C=O) groups excluding carboxylic acids is 2. The summed E-state index contributed by atoms with van der Waals surface area (Å²) in [4.78, 5) is 74.5. The van der Waals surface area contributed by atoms with Crippen LogP contribution >= 0.6 is 15.2 Å². The molecular weight excluding hydrogens is 710 g/mol. The fourth-order valence-electron chi connectivity index (χ4n) is 5.02. The number of rotatable bonds is 17. The number of phenolic OH excluding ortho intramolecular Hbond substituents is 1. The van der Waals surface area contributed by atoms with Crippen LogP contribution in [0.4, 0.5) is 0 Å². The number of carbonyl (C=O) groups is 2. The summed E-state index contributed by atoms with van der Waals surface area (Å²) >= 11 is 0. The van der Waals surface area contributed by atoms with E-state index < -0.39 is 32.8 Å². The van der Waals surface area contributed by atoms with Crippen LogP contribution in [0.5, 0.6) is 5.75 Å². The van der Waals surface area contributed by atoms with Gasteiger partial charge in [0.05, 0.1) is 18.6 Å². The fraction of sp³-hybridized carbons (Fsp3) is 0.333. The van der Waals surface area contributed by atoms with Gasteiger partial charge in [0.2, 0.25) is 0 Å². The Morgan fingerprint density at radius 3 is 2.24 bits per heavy atom. The number of aliphatic hydroxyl groups is 2. The molecule has 4 aromatic rings. The molecule has 0 bridgehead atoms. The minimum atomic E-state index is -5.60. The minimum Gasteiger partial charge on any atom is -0.504 e. The summed E-state index contributed by atoms with van der Waals surface area (Å²) in [6, 6.07) is 13.5. The van der Waals surface area contributed by atoms with Gasteiger partial charge in [-0.05, 0) is 42.7 Å². The predicted molar refractivity (Wildman–Crippen MR) is 182 cm³/mol. The normalized spacial score (nSPS) is 12.9. The first-order valence-electron chi connectivity index (χ1n) is 15.6. The second-order valence-electron chi connectivity index (χ2n) is 12.0. The summed E-state index contributed by atoms with van der Waals surface area (Å²) < 4.78 is 35.9. The predicted octanol–water partition coefficient (Wildman–Crippen LogP) is 1.85. The van der Waals surface area contributed by atoms with Crippen LogP contribution in [0.1, 0.15) is 40.7 Å². The van der Waals surface area contributed by atoms with Crippen molar-refractivity contribution in [1.29, 1.82) is 0 Å². The molecule has 0 aliphatic rings. The van der Waals surface area contributed by atoms with Crippen LogP contribution in [0.3, 0.4) is 0 Å². The maximum absolute atomic E-state index is 12.5. The number of pyridine rings is 1. The van der Waals surface area contributed by atoms with E-state index in [9.17, 15) is 58.4 Å². The van der Waals surface area contributed by atoms with Gasteiger partial charge in [-0.15, -0.1) is 0 Å². The summed E-state index contributed by atoms with van der Waals surface area (Å²) in [7, 11) is -11.2. The van der Waals surface area contributed by atoms with Crippen molar-refractivity contribution in [1.82, 2.24) is 5.32 Å². The number of aliphatic hydroxyl groups excluding tert-OH is 1. The van der Waals surface area contributed by atoms with Crippen LogP contribution in [-0.4, -0.2) is 77.5 Å². The average molecular weight is 750 g/mol. The molecule has 51 heavy (non-hydrogen) atoms. The summed E-state index contributed by atoms with van der Waals surface area (Å²) in [5.41, 5.74) is 1.28. The van der Waals surface area contributed by atoms with Crippen LogP contribution in [0.2, 0.25) is 0 Å². The van der Waals surface area contributed by atoms with Crippen LogP contribution in [0, 0.1) is 6.92 Å². The second-order valence-corrected chi connectivity index (χ2v) is 16.0. The van der Waals surface area contributed by atoms with E-state index in [4.69, 9.17) is 9.15 Å². The van der Waals surface area contributed by atoms with E-state index in [1.54, 1.807) is 43.3 Å². The first-order valence-corrected chi connectivity index (χ1v) is 18.9. The Hall–Kier alpha value is -4.08. The minimum absolute atomic E-state index is 0.0339. The number of amides is 1. The van der Waals surface area contributed by atoms with Gasteiger partial charge in [-0.2, -0.15) is 0 Å². The molecule has 1 amide bonds. The van der Waals surface area contributed by atoms with Crippen molar-refractivity contribution in [2.45, 2.75) is 50.3 Å². The van der Waals surface area contributed by atoms with E-state index in [0.29, 0.717) is 16.7 Å². The van der Waals surface area contributed by atoms with E-state index in [1.807, 2.05) is 0 Å². The number of aromatic hydroxyl groups is 1. The average Bonchev–Trinajstić information content (AvgIpc) is 3.07. The molecule has 2 aromatic carbocycles. The Morgan fingerprint density at radius 1 is 0.961 bits per heavy atom. The van der Waals surface area contributed by atoms with Crippen molar-refractivity contribution < 1.29 is 67.3 Å². The highest BCUT2D eigenvalue weighted by Crippen LogP contribution is 2.68. The molecule has 0 radical (unpaired) electrons. The van der Waals surface area contributed by atoms with Crippen molar-refractivity contribution in [2.24, 2.45) is 0 Å². The largest absolute Gasteiger partial charge is 0.504 e. The number of phenols is 1. The van der Waals surface area contributed by atoms with E-state index in [-0.39, 0.29) is 90.7 Å². The molecule has 0 saturated heterocycles. The molecule has 2 aromatic heterocycles. The van der Waals surface area contributed by atoms with Crippen molar-refractivity contribution in [2.75, 3.05) is 19.8 Å². The number of nitrogens with zero attached hydrogens (tertiary/aromatic N) is 1. The van der Waals surface area contributed by atoms with Crippen molar-refractivity contribution >= 4 is 37.9 Å². The van der Waals surface area contributed by atoms with Gasteiger partial charge >= 0.3 is 15.2 Å². The lowest BCUT2D eigenvalue weighted by Gasteiger charge is -2.29. The summed E-state index contributed by atoms with van der Waals surface area (Å²) in [5, 5.41) is 30.1. The first-order chi connectivity index (χ1) is 23.9. The number of aryl methyl sites for hydroxylation is 1. The van der Waals surface area contributed by atoms with Crippen LogP contribution in [-0.2, 0) is 31.6 Å². The SMILES string of the molecule is Cc1ccc2c(=O)cc(-c3ccc(C(=O)NCCOCCC(=O)CCC(O)C[n+]4ccc(CC(O)(P(=O)(O)O)P(=O)(O)O)cc4)cc3)oc2c1O. The summed E-state index contributed by atoms with van der Waals surface area (Å²) in [5.74, 6) is -0.383. The molecule has 8 N–H and O–H groups in total. The highest BCUT2D eigenvalue weighted by atomic mass is 31.2. The first kappa shape index (κ1) is 39.7. The zero-order valence-electron chi connectivity index (χ0n) is 27.4. The Kier molecular flexibility index (Phi) is 12.9. The molecule has 0 aliphatic carbocycles. The Bertz CT molecular complexity index is 2000. The van der Waals surface area contributed by atoms with E-state index in [2.05, 4.69) is 5.32 Å². The van der Waals surface area contributed by atoms with E-state index >= 15 is 0 Å². The van der Waals surface area contributed by atoms with Gasteiger partial charge in [-0.1, -0.05) is 18.2 Å². The number of benzene rings is 2. The number of fused-ring (bicyclic) bond motifs is 1. The van der Waals surface area contributed by atoms with Gasteiger partial charge in [0.25, 0.3) is 11.0 Å². The molecule has 2 heterocycles. The van der Waals surface area contributed by atoms with E-state index in [0.717, 1.165) is 0 Å². The smallest absolute Gasteiger partial charge is 0.369 e. The molecule has 0 fully saturated rings. The van der Waals surface area contributed by atoms with Crippen LogP contribution < -0.4 is 15.3 Å². The number of nitrogens with one attached hydrogen (secondary N) is 1. The lowest BCUT2D eigenvalue weighted by molar-refractivity contribution is -0.703. The number of hydrogen-bond donors (Lipinski definition) is 8. The zero-order valence-corrected chi connectivity index (χ0v) is 29.2. The summed E-state index contributed by atoms with van der Waals surface area (Å²) in [6.07, 6.45) is 1.13. The topological polar surface area (TPSA) is 265 Å². The molecule has 1 atom stereocenters. The standard InChI is InChI=1S/C33H38N2O14P2/c1-21-2-9-27-28(38)18-29(49-31(27)30(21)39)23-3-5-24(6-4-23)32(40)34-13-17-48-16-12-25(36)7-8-26(37)20-35-14-10-22(11-15-35)19-33(41,50(42,43)44)51(45,46)47/h2-6,9-11,14-15,18,26,37,41H,7-8,12-13,16-17,19-20H2,1H3,(H5-,34,39,40,42,43,44,45,46,47)/p+1. The van der Waals surface area contributed by atoms with Gasteiger partial charge in [0.1, 0.15) is 17.6 Å². The lowest BCUT2D eigenvalue weighted by atomic mass is 10.1. The number of aromatic nitrogens is 1. The molecule has 4 rings (SSSR count). The molecule has 0 aliphatic heterocycles. The molecule has 274 valence electrons. The van der Waals surface area contributed by atoms with Gasteiger partial charge in [-0.3, -0.25) is 23.5 Å². The Labute approximate surface area is 291 Å². The quantitative estimate of drug-likeness (QED) is 0.0435. The lowest BCUT2D eigenvalue weighted by Crippen LogP contribution is -2.39. The summed E-state index contributed by atoms with van der Waals surface area (Å²) in [6.45, 7) is 2.19. The number of ketones is 1. The highest BCUT2D eigenvalue weighted by molar-refractivity contribution is 7.72. The Balaban J connectivity index is 1.14. The maximum Gasteiger partial charge on any atom is 0.369 e. The monoisotopic (exact) mass is 749 g/mol. The van der Waals surface area contributed by atoms with Crippen molar-refractivity contribution in [3.8, 4) is 17.1 Å². The molecule has 0 spiro atoms. The molecular formula is C33H39N2O14P2+. The highest BCUT2D eigenvalue weighted by Gasteiger charge is 2.59. The van der Waals surface area contributed by atoms with Crippen LogP contribution in [0.15, 0.2) is 76.2 Å². The maximum atomic E-state index is 12.5. The van der Waals surface area contributed by atoms with Gasteiger partial charge in [0, 0.05) is 55.1 Å². The molecule has 16 nitrogen and oxygen atoms in total. The zero-order chi connectivity index (χ0) is 37.6. The van der Waals surface area contributed by atoms with Gasteiger partial charge < -0.3 is 49.4 Å². The molecule has 1 unspecified atom stereocenters. The van der Waals surface area contributed by atoms with Crippen LogP contribution in [0.25, 0.3) is 22.3 Å². The third-order valence-corrected chi connectivity index (χ3v) is 11.8. The third-order valence-electron chi connectivity index (χ3n) is 8.07.